The summed E-state index contributed by atoms with van der Waals surface area (Å²) in [6.07, 6.45) is 3.66. The van der Waals surface area contributed by atoms with Crippen molar-refractivity contribution in [3.8, 4) is 0 Å². The molecule has 1 heteroatoms. The van der Waals surface area contributed by atoms with Crippen molar-refractivity contribution < 1.29 is 5.11 Å². The highest BCUT2D eigenvalue weighted by Gasteiger charge is 2.23. The maximum absolute atomic E-state index is 9.70. The van der Waals surface area contributed by atoms with E-state index < -0.39 is 5.60 Å². The fraction of sp³-hybridized carbons (Fsp3) is 1.00. The van der Waals surface area contributed by atoms with Crippen LogP contribution in [0, 0.1) is 11.8 Å². The van der Waals surface area contributed by atoms with Crippen LogP contribution in [-0.2, 0) is 0 Å². The van der Waals surface area contributed by atoms with Gasteiger partial charge in [0.25, 0.3) is 0 Å². The molecule has 0 bridgehead atoms. The lowest BCUT2D eigenvalue weighted by molar-refractivity contribution is 0.0149. The van der Waals surface area contributed by atoms with Crippen molar-refractivity contribution in [2.45, 2.75) is 59.5 Å². The molecule has 2 atom stereocenters. The molecule has 0 aliphatic heterocycles. The molecule has 1 nitrogen and oxygen atoms in total. The van der Waals surface area contributed by atoms with Gasteiger partial charge in [-0.15, -0.1) is 0 Å². The largest absolute Gasteiger partial charge is 0.390 e. The van der Waals surface area contributed by atoms with Crippen LogP contribution in [0.15, 0.2) is 0 Å². The first-order valence-corrected chi connectivity index (χ1v) is 5.10. The Hall–Kier alpha value is -0.0400. The minimum absolute atomic E-state index is 0.402. The first-order chi connectivity index (χ1) is 5.38. The van der Waals surface area contributed by atoms with Gasteiger partial charge in [0.2, 0.25) is 0 Å². The predicted molar refractivity (Wildman–Crippen MR) is 54.2 cm³/mol. The Morgan fingerprint density at radius 1 is 1.25 bits per heavy atom. The van der Waals surface area contributed by atoms with Crippen LogP contribution in [0.25, 0.3) is 0 Å². The molecule has 0 saturated heterocycles. The smallest absolute Gasteiger partial charge is 0.0617 e. The molecule has 0 spiro atoms. The highest BCUT2D eigenvalue weighted by Crippen LogP contribution is 2.25. The van der Waals surface area contributed by atoms with Crippen LogP contribution >= 0.6 is 0 Å². The number of hydrogen-bond donors (Lipinski definition) is 1. The van der Waals surface area contributed by atoms with Gasteiger partial charge in [-0.25, -0.2) is 0 Å². The molecule has 0 rings (SSSR count). The van der Waals surface area contributed by atoms with E-state index in [1.807, 2.05) is 13.8 Å². The maximum Gasteiger partial charge on any atom is 0.0617 e. The van der Waals surface area contributed by atoms with E-state index in [0.717, 1.165) is 12.3 Å². The predicted octanol–water partition coefficient (Wildman–Crippen LogP) is 3.22. The van der Waals surface area contributed by atoms with E-state index in [9.17, 15) is 5.11 Å². The van der Waals surface area contributed by atoms with Crippen LogP contribution in [0.4, 0.5) is 0 Å². The lowest BCUT2D eigenvalue weighted by Crippen LogP contribution is -2.29. The Morgan fingerprint density at radius 2 is 1.75 bits per heavy atom. The van der Waals surface area contributed by atoms with Gasteiger partial charge in [-0.2, -0.15) is 0 Å². The maximum atomic E-state index is 9.70. The first-order valence-electron chi connectivity index (χ1n) is 5.10. The van der Waals surface area contributed by atoms with Gasteiger partial charge in [0.15, 0.2) is 0 Å². The molecular weight excluding hydrogens is 148 g/mol. The van der Waals surface area contributed by atoms with Crippen LogP contribution in [0.3, 0.4) is 0 Å². The Balaban J connectivity index is 3.76. The Morgan fingerprint density at radius 3 is 2.08 bits per heavy atom. The molecule has 2 unspecified atom stereocenters. The molecule has 0 amide bonds. The van der Waals surface area contributed by atoms with E-state index in [1.165, 1.54) is 12.8 Å². The second-order valence-corrected chi connectivity index (χ2v) is 4.68. The van der Waals surface area contributed by atoms with Gasteiger partial charge in [-0.1, -0.05) is 33.6 Å². The lowest BCUT2D eigenvalue weighted by atomic mass is 9.84. The molecule has 12 heavy (non-hydrogen) atoms. The minimum atomic E-state index is -0.512. The third-order valence-corrected chi connectivity index (χ3v) is 2.74. The second-order valence-electron chi connectivity index (χ2n) is 4.68. The van der Waals surface area contributed by atoms with Gasteiger partial charge in [-0.3, -0.25) is 0 Å². The molecule has 74 valence electrons. The van der Waals surface area contributed by atoms with Crippen molar-refractivity contribution in [3.63, 3.8) is 0 Å². The van der Waals surface area contributed by atoms with Crippen LogP contribution in [-0.4, -0.2) is 10.7 Å². The summed E-state index contributed by atoms with van der Waals surface area (Å²) in [5.41, 5.74) is -0.512. The van der Waals surface area contributed by atoms with E-state index in [0.29, 0.717) is 5.92 Å². The van der Waals surface area contributed by atoms with E-state index in [4.69, 9.17) is 0 Å². The zero-order valence-corrected chi connectivity index (χ0v) is 9.22. The summed E-state index contributed by atoms with van der Waals surface area (Å²) in [4.78, 5) is 0. The third-order valence-electron chi connectivity index (χ3n) is 2.74. The average molecular weight is 172 g/mol. The van der Waals surface area contributed by atoms with Crippen LogP contribution in [0.1, 0.15) is 53.9 Å². The van der Waals surface area contributed by atoms with Crippen molar-refractivity contribution in [1.29, 1.82) is 0 Å². The van der Waals surface area contributed by atoms with Crippen molar-refractivity contribution >= 4 is 0 Å². The van der Waals surface area contributed by atoms with Crippen molar-refractivity contribution in [3.05, 3.63) is 0 Å². The lowest BCUT2D eigenvalue weighted by Gasteiger charge is -2.28. The van der Waals surface area contributed by atoms with Crippen LogP contribution < -0.4 is 0 Å². The molecule has 0 fully saturated rings. The number of rotatable bonds is 5. The second kappa shape index (κ2) is 4.86. The molecule has 0 aromatic heterocycles. The van der Waals surface area contributed by atoms with E-state index in [2.05, 4.69) is 20.8 Å². The monoisotopic (exact) mass is 172 g/mol. The standard InChI is InChI=1S/C11H24O/c1-6-7-9(2)8-10(3)11(4,5)12/h9-10,12H,6-8H2,1-5H3. The van der Waals surface area contributed by atoms with E-state index in [1.54, 1.807) is 0 Å². The summed E-state index contributed by atoms with van der Waals surface area (Å²) in [6, 6.07) is 0. The topological polar surface area (TPSA) is 20.2 Å². The summed E-state index contributed by atoms with van der Waals surface area (Å²) in [7, 11) is 0. The molecule has 1 N–H and O–H groups in total. The summed E-state index contributed by atoms with van der Waals surface area (Å²) in [6.45, 7) is 10.4. The fourth-order valence-electron chi connectivity index (χ4n) is 1.50. The van der Waals surface area contributed by atoms with Gasteiger partial charge >= 0.3 is 0 Å². The first kappa shape index (κ1) is 12.0. The number of aliphatic hydroxyl groups is 1. The zero-order valence-electron chi connectivity index (χ0n) is 9.22. The van der Waals surface area contributed by atoms with Gasteiger partial charge in [0.05, 0.1) is 5.60 Å². The van der Waals surface area contributed by atoms with E-state index >= 15 is 0 Å². The molecule has 0 aromatic rings. The number of hydrogen-bond acceptors (Lipinski definition) is 1. The summed E-state index contributed by atoms with van der Waals surface area (Å²) in [5.74, 6) is 1.15. The summed E-state index contributed by atoms with van der Waals surface area (Å²) in [5, 5.41) is 9.70. The SMILES string of the molecule is CCCC(C)CC(C)C(C)(C)O. The quantitative estimate of drug-likeness (QED) is 0.675. The Kier molecular flexibility index (Phi) is 4.84. The van der Waals surface area contributed by atoms with Crippen LogP contribution in [0.5, 0.6) is 0 Å². The average Bonchev–Trinajstić information content (AvgIpc) is 1.85. The molecule has 0 heterocycles. The zero-order chi connectivity index (χ0) is 9.78. The normalized spacial score (nSPS) is 17.5. The van der Waals surface area contributed by atoms with Gasteiger partial charge in [0, 0.05) is 0 Å². The van der Waals surface area contributed by atoms with E-state index in [-0.39, 0.29) is 0 Å². The molecule has 0 radical (unpaired) electrons. The van der Waals surface area contributed by atoms with Crippen LogP contribution in [0.2, 0.25) is 0 Å². The highest BCUT2D eigenvalue weighted by atomic mass is 16.3. The van der Waals surface area contributed by atoms with Gasteiger partial charge in [-0.05, 0) is 32.1 Å². The molecular formula is C11H24O. The molecule has 0 aliphatic carbocycles. The summed E-state index contributed by atoms with van der Waals surface area (Å²) < 4.78 is 0. The van der Waals surface area contributed by atoms with Crippen molar-refractivity contribution in [2.75, 3.05) is 0 Å². The third kappa shape index (κ3) is 4.76. The molecule has 0 aliphatic rings. The minimum Gasteiger partial charge on any atom is -0.390 e. The molecule has 0 aromatic carbocycles. The molecule has 0 saturated carbocycles. The Bertz CT molecular complexity index is 113. The van der Waals surface area contributed by atoms with Crippen molar-refractivity contribution in [2.24, 2.45) is 11.8 Å². The summed E-state index contributed by atoms with van der Waals surface area (Å²) >= 11 is 0. The van der Waals surface area contributed by atoms with Crippen molar-refractivity contribution in [1.82, 2.24) is 0 Å². The Labute approximate surface area is 77.2 Å². The van der Waals surface area contributed by atoms with Gasteiger partial charge < -0.3 is 5.11 Å². The van der Waals surface area contributed by atoms with Gasteiger partial charge in [0.1, 0.15) is 0 Å². The fourth-order valence-corrected chi connectivity index (χ4v) is 1.50. The highest BCUT2D eigenvalue weighted by molar-refractivity contribution is 4.74.